The largest absolute Gasteiger partial charge is 0.396 e. The van der Waals surface area contributed by atoms with Crippen molar-refractivity contribution < 1.29 is 25.2 Å². The van der Waals surface area contributed by atoms with E-state index in [0.29, 0.717) is 12.8 Å². The maximum atomic E-state index is 14.5. The van der Waals surface area contributed by atoms with Gasteiger partial charge in [0.2, 0.25) is 0 Å². The van der Waals surface area contributed by atoms with Crippen LogP contribution < -0.4 is 0 Å². The van der Waals surface area contributed by atoms with Crippen molar-refractivity contribution in [3.63, 3.8) is 0 Å². The molecular weight excluding hydrogens is 476 g/mol. The number of carbonyl (C=O) groups excluding carboxylic acids is 1. The first kappa shape index (κ1) is 27.0. The van der Waals surface area contributed by atoms with Crippen LogP contribution in [0.5, 0.6) is 0 Å². The van der Waals surface area contributed by atoms with Gasteiger partial charge in [0.15, 0.2) is 5.78 Å². The Morgan fingerprint density at radius 3 is 2.37 bits per heavy atom. The Balaban J connectivity index is 1.51. The van der Waals surface area contributed by atoms with E-state index in [2.05, 4.69) is 39.5 Å². The van der Waals surface area contributed by atoms with Crippen molar-refractivity contribution >= 4 is 5.78 Å². The summed E-state index contributed by atoms with van der Waals surface area (Å²) < 4.78 is 0. The number of fused-ring (bicyclic) bond motifs is 9. The van der Waals surface area contributed by atoms with Gasteiger partial charge in [-0.2, -0.15) is 0 Å². The van der Waals surface area contributed by atoms with Crippen LogP contribution in [-0.2, 0) is 4.79 Å². The molecule has 2 bridgehead atoms. The molecule has 1 spiro atoms. The highest BCUT2D eigenvalue weighted by Crippen LogP contribution is 2.75. The molecule has 0 aromatic heterocycles. The fourth-order valence-electron chi connectivity index (χ4n) is 11.5. The highest BCUT2D eigenvalue weighted by atomic mass is 16.3. The zero-order valence-corrected chi connectivity index (χ0v) is 24.0. The van der Waals surface area contributed by atoms with Gasteiger partial charge in [-0.15, -0.1) is 5.92 Å². The third-order valence-corrected chi connectivity index (χ3v) is 14.1. The number of ketones is 1. The molecule has 5 nitrogen and oxygen atoms in total. The topological polar surface area (TPSA) is 98.0 Å². The molecule has 38 heavy (non-hydrogen) atoms. The van der Waals surface area contributed by atoms with Crippen LogP contribution >= 0.6 is 0 Å². The molecular formula is C33H48O5. The van der Waals surface area contributed by atoms with E-state index in [4.69, 9.17) is 0 Å². The minimum absolute atomic E-state index is 0.0566. The molecule has 0 aromatic carbocycles. The molecule has 12 atom stereocenters. The van der Waals surface area contributed by atoms with Crippen LogP contribution in [0.3, 0.4) is 0 Å². The molecule has 5 heteroatoms. The zero-order valence-electron chi connectivity index (χ0n) is 24.0. The SMILES string of the molecule is CC12CCC#CC(O)C3(CC1)C(O)CC1(C)C(=CC(=O)C4C5(C)CCC(O)C(C)(CO)C5CCC41C)C3C2. The smallest absolute Gasteiger partial charge is 0.159 e. The summed E-state index contributed by atoms with van der Waals surface area (Å²) in [7, 11) is 0. The molecule has 0 radical (unpaired) electrons. The Kier molecular flexibility index (Phi) is 5.82. The van der Waals surface area contributed by atoms with Gasteiger partial charge >= 0.3 is 0 Å². The maximum Gasteiger partial charge on any atom is 0.159 e. The number of aliphatic hydroxyl groups is 4. The lowest BCUT2D eigenvalue weighted by molar-refractivity contribution is -0.226. The van der Waals surface area contributed by atoms with Gasteiger partial charge in [0.1, 0.15) is 6.10 Å². The first-order valence-corrected chi connectivity index (χ1v) is 15.1. The Bertz CT molecular complexity index is 1130. The molecule has 0 aliphatic heterocycles. The van der Waals surface area contributed by atoms with E-state index >= 15 is 0 Å². The number of aliphatic hydroxyl groups excluding tert-OH is 4. The van der Waals surface area contributed by atoms with Crippen LogP contribution in [0.4, 0.5) is 0 Å². The Morgan fingerprint density at radius 2 is 1.66 bits per heavy atom. The second kappa shape index (κ2) is 8.19. The summed E-state index contributed by atoms with van der Waals surface area (Å²) in [4.78, 5) is 14.5. The fourth-order valence-corrected chi connectivity index (χ4v) is 11.5. The standard InChI is InChI=1S/C33H48O5/c1-28-11-7-6-8-25(37)33(15-14-28)21(17-28)20-16-22(35)27-29(2)12-10-24(36)30(3,19-34)23(29)9-13-31(27,4)32(20,5)18-26(33)38/h16,21,23-27,34,36-38H,7,9-15,17-19H2,1-5H3. The van der Waals surface area contributed by atoms with E-state index in [-0.39, 0.29) is 51.8 Å². The summed E-state index contributed by atoms with van der Waals surface area (Å²) >= 11 is 0. The highest BCUT2D eigenvalue weighted by Gasteiger charge is 2.72. The number of hydrogen-bond acceptors (Lipinski definition) is 5. The number of hydrogen-bond donors (Lipinski definition) is 4. The Hall–Kier alpha value is -1.19. The van der Waals surface area contributed by atoms with Crippen LogP contribution in [0.25, 0.3) is 0 Å². The predicted octanol–water partition coefficient (Wildman–Crippen LogP) is 4.41. The van der Waals surface area contributed by atoms with Gasteiger partial charge in [-0.05, 0) is 97.4 Å². The van der Waals surface area contributed by atoms with Gasteiger partial charge in [-0.3, -0.25) is 4.79 Å². The lowest BCUT2D eigenvalue weighted by Crippen LogP contribution is -2.69. The van der Waals surface area contributed by atoms with E-state index in [1.807, 2.05) is 13.0 Å². The van der Waals surface area contributed by atoms with Crippen LogP contribution in [0.15, 0.2) is 11.6 Å². The van der Waals surface area contributed by atoms with Crippen LogP contribution in [0, 0.1) is 62.1 Å². The van der Waals surface area contributed by atoms with Crippen molar-refractivity contribution in [2.75, 3.05) is 6.61 Å². The molecule has 0 heterocycles. The molecule has 0 aromatic rings. The van der Waals surface area contributed by atoms with Gasteiger partial charge in [0.05, 0.1) is 18.8 Å². The van der Waals surface area contributed by atoms with Gasteiger partial charge in [-0.1, -0.05) is 46.1 Å². The van der Waals surface area contributed by atoms with Crippen LogP contribution in [0.1, 0.15) is 98.8 Å². The predicted molar refractivity (Wildman–Crippen MR) is 146 cm³/mol. The zero-order chi connectivity index (χ0) is 27.5. The summed E-state index contributed by atoms with van der Waals surface area (Å²) in [5.74, 6) is 6.27. The number of allylic oxidation sites excluding steroid dienone is 2. The third-order valence-electron chi connectivity index (χ3n) is 14.1. The molecule has 4 fully saturated rings. The van der Waals surface area contributed by atoms with Crippen molar-refractivity contribution in [3.8, 4) is 11.8 Å². The molecule has 7 rings (SSSR count). The van der Waals surface area contributed by atoms with Crippen LogP contribution in [0.2, 0.25) is 0 Å². The van der Waals surface area contributed by atoms with Crippen molar-refractivity contribution in [1.82, 2.24) is 0 Å². The van der Waals surface area contributed by atoms with E-state index in [1.54, 1.807) is 0 Å². The van der Waals surface area contributed by atoms with E-state index in [0.717, 1.165) is 56.9 Å². The molecule has 4 N–H and O–H groups in total. The highest BCUT2D eigenvalue weighted by molar-refractivity contribution is 5.95. The second-order valence-corrected chi connectivity index (χ2v) is 15.6. The van der Waals surface area contributed by atoms with E-state index < -0.39 is 29.1 Å². The van der Waals surface area contributed by atoms with Gasteiger partial charge in [0.25, 0.3) is 0 Å². The molecule has 12 unspecified atom stereocenters. The van der Waals surface area contributed by atoms with Crippen molar-refractivity contribution in [1.29, 1.82) is 0 Å². The molecule has 7 aliphatic carbocycles. The number of carbonyl (C=O) groups is 1. The molecule has 0 saturated heterocycles. The quantitative estimate of drug-likeness (QED) is 0.381. The van der Waals surface area contributed by atoms with Crippen molar-refractivity contribution in [2.24, 2.45) is 50.2 Å². The van der Waals surface area contributed by atoms with Crippen molar-refractivity contribution in [2.45, 2.75) is 117 Å². The first-order chi connectivity index (χ1) is 17.7. The monoisotopic (exact) mass is 524 g/mol. The Morgan fingerprint density at radius 1 is 0.921 bits per heavy atom. The van der Waals surface area contributed by atoms with Gasteiger partial charge in [0, 0.05) is 23.2 Å². The summed E-state index contributed by atoms with van der Waals surface area (Å²) in [6.45, 7) is 11.1. The number of rotatable bonds is 1. The molecule has 4 saturated carbocycles. The molecule has 7 aliphatic rings. The van der Waals surface area contributed by atoms with E-state index in [9.17, 15) is 25.2 Å². The lowest BCUT2D eigenvalue weighted by Gasteiger charge is -2.71. The lowest BCUT2D eigenvalue weighted by atomic mass is 9.32. The third kappa shape index (κ3) is 3.07. The first-order valence-electron chi connectivity index (χ1n) is 15.1. The fraction of sp³-hybridized carbons (Fsp3) is 0.848. The summed E-state index contributed by atoms with van der Waals surface area (Å²) in [6.07, 6.45) is 7.68. The van der Waals surface area contributed by atoms with Crippen LogP contribution in [-0.4, -0.2) is 51.1 Å². The summed E-state index contributed by atoms with van der Waals surface area (Å²) in [5, 5.41) is 45.0. The normalized spacial score (nSPS) is 57.5. The van der Waals surface area contributed by atoms with Gasteiger partial charge in [-0.25, -0.2) is 0 Å². The molecule has 0 amide bonds. The Labute approximate surface area is 228 Å². The maximum absolute atomic E-state index is 14.5. The van der Waals surface area contributed by atoms with E-state index in [1.165, 1.54) is 0 Å². The second-order valence-electron chi connectivity index (χ2n) is 15.6. The minimum Gasteiger partial charge on any atom is -0.396 e. The van der Waals surface area contributed by atoms with Crippen molar-refractivity contribution in [3.05, 3.63) is 11.6 Å². The minimum atomic E-state index is -0.894. The van der Waals surface area contributed by atoms with Gasteiger partial charge < -0.3 is 20.4 Å². The average molecular weight is 525 g/mol. The average Bonchev–Trinajstić information content (AvgIpc) is 2.95. The summed E-state index contributed by atoms with van der Waals surface area (Å²) in [6, 6.07) is 0. The summed E-state index contributed by atoms with van der Waals surface area (Å²) in [5.41, 5.74) is -1.17. The molecule has 210 valence electrons.